The van der Waals surface area contributed by atoms with Crippen LogP contribution in [0.1, 0.15) is 39.2 Å². The molecule has 0 bridgehead atoms. The van der Waals surface area contributed by atoms with E-state index < -0.39 is 5.54 Å². The highest BCUT2D eigenvalue weighted by molar-refractivity contribution is 5.30. The van der Waals surface area contributed by atoms with Crippen molar-refractivity contribution in [2.75, 3.05) is 6.61 Å². The Morgan fingerprint density at radius 1 is 1.45 bits per heavy atom. The van der Waals surface area contributed by atoms with Crippen LogP contribution < -0.4 is 10.1 Å². The second-order valence-electron chi connectivity index (χ2n) is 5.58. The molecule has 0 heterocycles. The average molecular weight is 278 g/mol. The van der Waals surface area contributed by atoms with Gasteiger partial charge in [-0.25, -0.2) is 4.39 Å². The van der Waals surface area contributed by atoms with Crippen LogP contribution in [-0.4, -0.2) is 18.2 Å². The van der Waals surface area contributed by atoms with Gasteiger partial charge in [0.2, 0.25) is 0 Å². The van der Waals surface area contributed by atoms with Gasteiger partial charge in [0.05, 0.1) is 12.7 Å². The third-order valence-corrected chi connectivity index (χ3v) is 3.09. The fourth-order valence-electron chi connectivity index (χ4n) is 2.14. The maximum atomic E-state index is 13.7. The molecule has 0 radical (unpaired) electrons. The predicted octanol–water partition coefficient (Wildman–Crippen LogP) is 3.57. The van der Waals surface area contributed by atoms with Crippen molar-refractivity contribution in [1.82, 2.24) is 5.32 Å². The van der Waals surface area contributed by atoms with Crippen LogP contribution in [0.3, 0.4) is 0 Å². The molecule has 3 nitrogen and oxygen atoms in total. The molecule has 0 spiro atoms. The number of benzene rings is 1. The Bertz CT molecular complexity index is 482. The second kappa shape index (κ2) is 7.25. The predicted molar refractivity (Wildman–Crippen MR) is 78.2 cm³/mol. The molecule has 0 amide bonds. The molecule has 0 aromatic heterocycles. The van der Waals surface area contributed by atoms with Crippen LogP contribution in [0.15, 0.2) is 18.2 Å². The third kappa shape index (κ3) is 4.82. The SMILES string of the molecule is Cc1cccc(OCCCC(C)(C#N)NC(C)C)c1F. The zero-order valence-corrected chi connectivity index (χ0v) is 12.7. The lowest BCUT2D eigenvalue weighted by Crippen LogP contribution is -2.45. The van der Waals surface area contributed by atoms with E-state index in [1.54, 1.807) is 25.1 Å². The Labute approximate surface area is 120 Å². The summed E-state index contributed by atoms with van der Waals surface area (Å²) in [6, 6.07) is 7.64. The van der Waals surface area contributed by atoms with Gasteiger partial charge in [-0.15, -0.1) is 0 Å². The lowest BCUT2D eigenvalue weighted by Gasteiger charge is -2.25. The molecule has 0 saturated heterocycles. The molecule has 1 atom stereocenters. The minimum Gasteiger partial charge on any atom is -0.491 e. The standard InChI is InChI=1S/C16H23FN2O/c1-12(2)19-16(4,11-18)9-6-10-20-14-8-5-7-13(3)15(14)17/h5,7-8,12,19H,6,9-10H2,1-4H3. The van der Waals surface area contributed by atoms with E-state index in [9.17, 15) is 9.65 Å². The molecule has 4 heteroatoms. The molecular weight excluding hydrogens is 255 g/mol. The Balaban J connectivity index is 2.45. The van der Waals surface area contributed by atoms with Crippen molar-refractivity contribution in [1.29, 1.82) is 5.26 Å². The first-order valence-electron chi connectivity index (χ1n) is 6.95. The summed E-state index contributed by atoms with van der Waals surface area (Å²) in [5.74, 6) is -0.0312. The van der Waals surface area contributed by atoms with Crippen molar-refractivity contribution < 1.29 is 9.13 Å². The molecule has 1 unspecified atom stereocenters. The summed E-state index contributed by atoms with van der Waals surface area (Å²) < 4.78 is 19.2. The first-order valence-corrected chi connectivity index (χ1v) is 6.95. The number of rotatable bonds is 7. The van der Waals surface area contributed by atoms with Crippen LogP contribution in [0, 0.1) is 24.1 Å². The van der Waals surface area contributed by atoms with Crippen molar-refractivity contribution in [3.63, 3.8) is 0 Å². The molecule has 0 aliphatic heterocycles. The van der Waals surface area contributed by atoms with E-state index in [2.05, 4.69) is 11.4 Å². The minimum absolute atomic E-state index is 0.245. The van der Waals surface area contributed by atoms with Gasteiger partial charge >= 0.3 is 0 Å². The normalized spacial score (nSPS) is 13.8. The van der Waals surface area contributed by atoms with Crippen LogP contribution >= 0.6 is 0 Å². The molecule has 110 valence electrons. The van der Waals surface area contributed by atoms with E-state index in [0.29, 0.717) is 25.0 Å². The van der Waals surface area contributed by atoms with Crippen LogP contribution in [0.25, 0.3) is 0 Å². The molecule has 20 heavy (non-hydrogen) atoms. The van der Waals surface area contributed by atoms with Gasteiger partial charge < -0.3 is 4.74 Å². The lowest BCUT2D eigenvalue weighted by molar-refractivity contribution is 0.269. The summed E-state index contributed by atoms with van der Waals surface area (Å²) in [6.45, 7) is 8.00. The summed E-state index contributed by atoms with van der Waals surface area (Å²) in [4.78, 5) is 0. The Morgan fingerprint density at radius 2 is 2.15 bits per heavy atom. The second-order valence-corrected chi connectivity index (χ2v) is 5.58. The Hall–Kier alpha value is -1.60. The van der Waals surface area contributed by atoms with E-state index >= 15 is 0 Å². The van der Waals surface area contributed by atoms with E-state index in [1.165, 1.54) is 0 Å². The van der Waals surface area contributed by atoms with Crippen molar-refractivity contribution in [2.45, 2.75) is 52.1 Å². The van der Waals surface area contributed by atoms with Gasteiger partial charge in [-0.1, -0.05) is 12.1 Å². The number of hydrogen-bond acceptors (Lipinski definition) is 3. The fraction of sp³-hybridized carbons (Fsp3) is 0.562. The number of nitrogens with zero attached hydrogens (tertiary/aromatic N) is 1. The minimum atomic E-state index is -0.567. The van der Waals surface area contributed by atoms with Crippen LogP contribution in [-0.2, 0) is 0 Å². The molecular formula is C16H23FN2O. The summed E-state index contributed by atoms with van der Waals surface area (Å²) in [7, 11) is 0. The summed E-state index contributed by atoms with van der Waals surface area (Å²) in [6.07, 6.45) is 1.35. The van der Waals surface area contributed by atoms with Gasteiger partial charge in [0.1, 0.15) is 5.54 Å². The van der Waals surface area contributed by atoms with E-state index in [4.69, 9.17) is 4.74 Å². The molecule has 1 aromatic carbocycles. The van der Waals surface area contributed by atoms with Gasteiger partial charge in [0, 0.05) is 6.04 Å². The Kier molecular flexibility index (Phi) is 5.97. The van der Waals surface area contributed by atoms with E-state index in [1.807, 2.05) is 20.8 Å². The number of nitriles is 1. The zero-order chi connectivity index (χ0) is 15.2. The van der Waals surface area contributed by atoms with E-state index in [0.717, 1.165) is 0 Å². The first-order chi connectivity index (χ1) is 9.38. The summed E-state index contributed by atoms with van der Waals surface area (Å²) in [5.41, 5.74) is 0.00806. The molecule has 0 aliphatic rings. The number of hydrogen-bond donors (Lipinski definition) is 1. The average Bonchev–Trinajstić information content (AvgIpc) is 2.38. The first kappa shape index (κ1) is 16.5. The fourth-order valence-corrected chi connectivity index (χ4v) is 2.14. The van der Waals surface area contributed by atoms with Crippen LogP contribution in [0.2, 0.25) is 0 Å². The monoisotopic (exact) mass is 278 g/mol. The molecule has 1 N–H and O–H groups in total. The van der Waals surface area contributed by atoms with Gasteiger partial charge in [-0.05, 0) is 52.2 Å². The van der Waals surface area contributed by atoms with Crippen molar-refractivity contribution in [3.05, 3.63) is 29.6 Å². The highest BCUT2D eigenvalue weighted by atomic mass is 19.1. The highest BCUT2D eigenvalue weighted by Gasteiger charge is 2.23. The molecule has 1 aromatic rings. The third-order valence-electron chi connectivity index (χ3n) is 3.09. The lowest BCUT2D eigenvalue weighted by atomic mass is 9.97. The largest absolute Gasteiger partial charge is 0.491 e. The molecule has 0 aliphatic carbocycles. The number of halogens is 1. The smallest absolute Gasteiger partial charge is 0.167 e. The van der Waals surface area contributed by atoms with Gasteiger partial charge in [0.15, 0.2) is 11.6 Å². The van der Waals surface area contributed by atoms with Crippen LogP contribution in [0.5, 0.6) is 5.75 Å². The number of nitrogens with one attached hydrogen (secondary N) is 1. The molecule has 0 saturated carbocycles. The van der Waals surface area contributed by atoms with E-state index in [-0.39, 0.29) is 17.6 Å². The maximum Gasteiger partial charge on any atom is 0.167 e. The topological polar surface area (TPSA) is 45.0 Å². The molecule has 0 fully saturated rings. The Morgan fingerprint density at radius 3 is 2.75 bits per heavy atom. The number of aryl methyl sites for hydroxylation is 1. The summed E-state index contributed by atoms with van der Waals surface area (Å²) >= 11 is 0. The van der Waals surface area contributed by atoms with Crippen molar-refractivity contribution >= 4 is 0 Å². The van der Waals surface area contributed by atoms with Crippen LogP contribution in [0.4, 0.5) is 4.39 Å². The number of ether oxygens (including phenoxy) is 1. The molecule has 1 rings (SSSR count). The van der Waals surface area contributed by atoms with Crippen molar-refractivity contribution in [3.8, 4) is 11.8 Å². The highest BCUT2D eigenvalue weighted by Crippen LogP contribution is 2.20. The van der Waals surface area contributed by atoms with Gasteiger partial charge in [-0.3, -0.25) is 5.32 Å². The van der Waals surface area contributed by atoms with Gasteiger partial charge in [0.25, 0.3) is 0 Å². The maximum absolute atomic E-state index is 13.7. The summed E-state index contributed by atoms with van der Waals surface area (Å²) in [5, 5.41) is 12.5. The van der Waals surface area contributed by atoms with Gasteiger partial charge in [-0.2, -0.15) is 5.26 Å². The quantitative estimate of drug-likeness (QED) is 0.775. The van der Waals surface area contributed by atoms with Crippen molar-refractivity contribution in [2.24, 2.45) is 0 Å². The zero-order valence-electron chi connectivity index (χ0n) is 12.7.